The summed E-state index contributed by atoms with van der Waals surface area (Å²) in [5.41, 5.74) is 2.51. The number of benzene rings is 2. The first-order chi connectivity index (χ1) is 10.1. The molecule has 1 aliphatic carbocycles. The van der Waals surface area contributed by atoms with E-state index in [1.165, 1.54) is 7.11 Å². The van der Waals surface area contributed by atoms with Crippen LogP contribution in [0.25, 0.3) is 6.08 Å². The molecule has 0 spiro atoms. The van der Waals surface area contributed by atoms with Gasteiger partial charge in [0.05, 0.1) is 7.11 Å². The van der Waals surface area contributed by atoms with E-state index in [2.05, 4.69) is 0 Å². The zero-order valence-corrected chi connectivity index (χ0v) is 11.5. The molecule has 0 radical (unpaired) electrons. The van der Waals surface area contributed by atoms with E-state index < -0.39 is 0 Å². The van der Waals surface area contributed by atoms with E-state index in [1.54, 1.807) is 42.5 Å². The highest BCUT2D eigenvalue weighted by molar-refractivity contribution is 6.16. The second-order valence-electron chi connectivity index (χ2n) is 4.91. The van der Waals surface area contributed by atoms with Gasteiger partial charge in [0.1, 0.15) is 5.75 Å². The number of hydrogen-bond donors (Lipinski definition) is 2. The molecule has 2 aromatic carbocycles. The van der Waals surface area contributed by atoms with E-state index in [0.29, 0.717) is 34.4 Å². The van der Waals surface area contributed by atoms with E-state index in [9.17, 15) is 15.0 Å². The topological polar surface area (TPSA) is 66.8 Å². The number of ketones is 1. The number of ether oxygens (including phenoxy) is 1. The molecule has 0 saturated heterocycles. The summed E-state index contributed by atoms with van der Waals surface area (Å²) >= 11 is 0. The molecule has 0 heterocycles. The Balaban J connectivity index is 1.98. The Morgan fingerprint density at radius 2 is 1.95 bits per heavy atom. The molecule has 4 nitrogen and oxygen atoms in total. The molecule has 2 N–H and O–H groups in total. The van der Waals surface area contributed by atoms with Crippen LogP contribution in [0.2, 0.25) is 0 Å². The minimum Gasteiger partial charge on any atom is -0.508 e. The number of phenols is 2. The van der Waals surface area contributed by atoms with Gasteiger partial charge in [0.2, 0.25) is 0 Å². The Kier molecular flexibility index (Phi) is 3.14. The summed E-state index contributed by atoms with van der Waals surface area (Å²) in [5, 5.41) is 19.6. The Hall–Kier alpha value is -2.75. The number of rotatable bonds is 2. The number of carbonyl (C=O) groups is 1. The lowest BCUT2D eigenvalue weighted by Gasteiger charge is -2.04. The third-order valence-electron chi connectivity index (χ3n) is 3.60. The number of hydrogen-bond acceptors (Lipinski definition) is 4. The average molecular weight is 282 g/mol. The fourth-order valence-electron chi connectivity index (χ4n) is 2.53. The van der Waals surface area contributed by atoms with Gasteiger partial charge < -0.3 is 14.9 Å². The third kappa shape index (κ3) is 2.25. The summed E-state index contributed by atoms with van der Waals surface area (Å²) in [6.45, 7) is 0. The van der Waals surface area contributed by atoms with Crippen molar-refractivity contribution in [2.45, 2.75) is 6.42 Å². The van der Waals surface area contributed by atoms with Crippen LogP contribution in [0.4, 0.5) is 0 Å². The van der Waals surface area contributed by atoms with Gasteiger partial charge in [-0.05, 0) is 29.8 Å². The van der Waals surface area contributed by atoms with Gasteiger partial charge in [0.25, 0.3) is 0 Å². The summed E-state index contributed by atoms with van der Waals surface area (Å²) in [6, 6.07) is 9.90. The van der Waals surface area contributed by atoms with Gasteiger partial charge in [-0.2, -0.15) is 0 Å². The molecule has 21 heavy (non-hydrogen) atoms. The van der Waals surface area contributed by atoms with Crippen molar-refractivity contribution in [3.63, 3.8) is 0 Å². The zero-order chi connectivity index (χ0) is 15.0. The first kappa shape index (κ1) is 13.2. The highest BCUT2D eigenvalue weighted by atomic mass is 16.5. The number of Topliss-reactive ketones (excluding diaryl/α,β-unsaturated/α-hetero) is 1. The van der Waals surface area contributed by atoms with Crippen LogP contribution in [0.3, 0.4) is 0 Å². The number of carbonyl (C=O) groups excluding carboxylic acids is 1. The number of allylic oxidation sites excluding steroid dienone is 1. The summed E-state index contributed by atoms with van der Waals surface area (Å²) in [4.78, 5) is 12.3. The van der Waals surface area contributed by atoms with E-state index >= 15 is 0 Å². The van der Waals surface area contributed by atoms with Crippen molar-refractivity contribution in [1.82, 2.24) is 0 Å². The van der Waals surface area contributed by atoms with Gasteiger partial charge in [0.15, 0.2) is 17.3 Å². The van der Waals surface area contributed by atoms with Crippen LogP contribution < -0.4 is 4.74 Å². The molecule has 0 fully saturated rings. The largest absolute Gasteiger partial charge is 0.508 e. The maximum atomic E-state index is 12.3. The van der Waals surface area contributed by atoms with Crippen molar-refractivity contribution >= 4 is 11.9 Å². The molecule has 0 atom stereocenters. The lowest BCUT2D eigenvalue weighted by Crippen LogP contribution is -1.95. The fourth-order valence-corrected chi connectivity index (χ4v) is 2.53. The quantitative estimate of drug-likeness (QED) is 0.831. The molecule has 1 aliphatic rings. The minimum atomic E-state index is -0.0868. The van der Waals surface area contributed by atoms with Gasteiger partial charge in [-0.3, -0.25) is 4.79 Å². The highest BCUT2D eigenvalue weighted by Crippen LogP contribution is 2.34. The lowest BCUT2D eigenvalue weighted by molar-refractivity contribution is 0.104. The Bertz CT molecular complexity index is 759. The Morgan fingerprint density at radius 1 is 1.14 bits per heavy atom. The van der Waals surface area contributed by atoms with E-state index in [-0.39, 0.29) is 17.3 Å². The van der Waals surface area contributed by atoms with E-state index in [1.807, 2.05) is 0 Å². The lowest BCUT2D eigenvalue weighted by atomic mass is 10.1. The SMILES string of the molecule is COc1ccc(C=C2Cc3c(O)cccc3C2=O)cc1O. The van der Waals surface area contributed by atoms with Gasteiger partial charge in [-0.1, -0.05) is 18.2 Å². The van der Waals surface area contributed by atoms with E-state index in [0.717, 1.165) is 0 Å². The standard InChI is InChI=1S/C17H14O4/c1-21-16-6-5-10(8-15(16)19)7-11-9-13-12(17(11)20)3-2-4-14(13)18/h2-8,18-19H,9H2,1H3. The maximum Gasteiger partial charge on any atom is 0.189 e. The molecule has 0 aromatic heterocycles. The molecule has 0 saturated carbocycles. The molecular weight excluding hydrogens is 268 g/mol. The molecule has 0 bridgehead atoms. The summed E-state index contributed by atoms with van der Waals surface area (Å²) in [6.07, 6.45) is 2.12. The molecule has 3 rings (SSSR count). The molecule has 0 aliphatic heterocycles. The van der Waals surface area contributed by atoms with Gasteiger partial charge in [0, 0.05) is 23.1 Å². The number of aromatic hydroxyl groups is 2. The van der Waals surface area contributed by atoms with Crippen molar-refractivity contribution in [2.75, 3.05) is 7.11 Å². The average Bonchev–Trinajstić information content (AvgIpc) is 2.78. The minimum absolute atomic E-state index is 0.0256. The fraction of sp³-hybridized carbons (Fsp3) is 0.118. The smallest absolute Gasteiger partial charge is 0.189 e. The summed E-state index contributed by atoms with van der Waals surface area (Å²) in [7, 11) is 1.48. The normalized spacial score (nSPS) is 15.3. The molecule has 4 heteroatoms. The summed E-state index contributed by atoms with van der Waals surface area (Å²) in [5.74, 6) is 0.464. The monoisotopic (exact) mass is 282 g/mol. The molecule has 0 unspecified atom stereocenters. The molecular formula is C17H14O4. The van der Waals surface area contributed by atoms with Gasteiger partial charge >= 0.3 is 0 Å². The van der Waals surface area contributed by atoms with Crippen molar-refractivity contribution in [3.8, 4) is 17.2 Å². The second kappa shape index (κ2) is 4.98. The van der Waals surface area contributed by atoms with Crippen LogP contribution in [0.5, 0.6) is 17.2 Å². The number of methoxy groups -OCH3 is 1. The van der Waals surface area contributed by atoms with Crippen molar-refractivity contribution in [3.05, 3.63) is 58.7 Å². The predicted octanol–water partition coefficient (Wildman–Crippen LogP) is 2.93. The van der Waals surface area contributed by atoms with Crippen LogP contribution in [0.15, 0.2) is 42.0 Å². The van der Waals surface area contributed by atoms with Crippen molar-refractivity contribution < 1.29 is 19.7 Å². The molecule has 0 amide bonds. The number of phenolic OH excluding ortho intramolecular Hbond substituents is 2. The van der Waals surface area contributed by atoms with Crippen LogP contribution in [0.1, 0.15) is 21.5 Å². The first-order valence-corrected chi connectivity index (χ1v) is 6.53. The molecule has 2 aromatic rings. The van der Waals surface area contributed by atoms with Gasteiger partial charge in [-0.15, -0.1) is 0 Å². The molecule has 106 valence electrons. The highest BCUT2D eigenvalue weighted by Gasteiger charge is 2.26. The van der Waals surface area contributed by atoms with Crippen molar-refractivity contribution in [1.29, 1.82) is 0 Å². The van der Waals surface area contributed by atoms with Crippen molar-refractivity contribution in [2.24, 2.45) is 0 Å². The van der Waals surface area contributed by atoms with Crippen LogP contribution in [0, 0.1) is 0 Å². The predicted molar refractivity (Wildman–Crippen MR) is 78.8 cm³/mol. The first-order valence-electron chi connectivity index (χ1n) is 6.53. The van der Waals surface area contributed by atoms with E-state index in [4.69, 9.17) is 4.74 Å². The Labute approximate surface area is 121 Å². The Morgan fingerprint density at radius 3 is 2.62 bits per heavy atom. The summed E-state index contributed by atoms with van der Waals surface area (Å²) < 4.78 is 4.99. The van der Waals surface area contributed by atoms with Gasteiger partial charge in [-0.25, -0.2) is 0 Å². The zero-order valence-electron chi connectivity index (χ0n) is 11.5. The second-order valence-corrected chi connectivity index (χ2v) is 4.91. The van der Waals surface area contributed by atoms with Crippen LogP contribution >= 0.6 is 0 Å². The maximum absolute atomic E-state index is 12.3. The number of fused-ring (bicyclic) bond motifs is 1. The van der Waals surface area contributed by atoms with Crippen LogP contribution in [-0.4, -0.2) is 23.1 Å². The third-order valence-corrected chi connectivity index (χ3v) is 3.60. The van der Waals surface area contributed by atoms with Crippen LogP contribution in [-0.2, 0) is 6.42 Å².